The summed E-state index contributed by atoms with van der Waals surface area (Å²) in [6.45, 7) is 4.91. The highest BCUT2D eigenvalue weighted by molar-refractivity contribution is 7.89. The first-order valence-corrected chi connectivity index (χ1v) is 12.5. The average molecular weight is 480 g/mol. The van der Waals surface area contributed by atoms with Gasteiger partial charge in [0, 0.05) is 30.0 Å². The summed E-state index contributed by atoms with van der Waals surface area (Å²) in [5.41, 5.74) is 6.57. The molecule has 0 saturated carbocycles. The van der Waals surface area contributed by atoms with Gasteiger partial charge in [-0.3, -0.25) is 9.59 Å². The minimum atomic E-state index is -3.72. The van der Waals surface area contributed by atoms with Crippen LogP contribution >= 0.6 is 11.3 Å². The van der Waals surface area contributed by atoms with Gasteiger partial charge in [-0.05, 0) is 44.4 Å². The molecule has 172 valence electrons. The molecule has 11 heteroatoms. The number of piperidine rings is 1. The second-order valence-corrected chi connectivity index (χ2v) is 11.0. The van der Waals surface area contributed by atoms with Crippen molar-refractivity contribution in [3.8, 4) is 11.5 Å². The molecular weight excluding hydrogens is 454 g/mol. The van der Waals surface area contributed by atoms with Crippen LogP contribution in [0, 0.1) is 19.8 Å². The number of sulfonamides is 1. The lowest BCUT2D eigenvalue weighted by Crippen LogP contribution is -2.41. The number of hydrogen-bond donors (Lipinski definition) is 2. The number of nitrogens with zero attached hydrogens (tertiary/aromatic N) is 1. The Bertz CT molecular complexity index is 1170. The number of nitrogens with one attached hydrogen (secondary N) is 1. The highest BCUT2D eigenvalue weighted by Crippen LogP contribution is 2.35. The Kier molecular flexibility index (Phi) is 6.15. The van der Waals surface area contributed by atoms with Crippen molar-refractivity contribution in [2.45, 2.75) is 31.6 Å². The lowest BCUT2D eigenvalue weighted by molar-refractivity contribution is -0.120. The molecule has 3 N–H and O–H groups in total. The van der Waals surface area contributed by atoms with Crippen molar-refractivity contribution >= 4 is 38.2 Å². The Morgan fingerprint density at radius 1 is 1.12 bits per heavy atom. The third kappa shape index (κ3) is 4.19. The molecule has 4 rings (SSSR count). The number of aryl methyl sites for hydroxylation is 1. The van der Waals surface area contributed by atoms with Gasteiger partial charge in [0.25, 0.3) is 5.91 Å². The van der Waals surface area contributed by atoms with Crippen LogP contribution in [0.3, 0.4) is 0 Å². The number of amides is 2. The molecule has 2 aromatic rings. The number of thiophene rings is 1. The van der Waals surface area contributed by atoms with Crippen molar-refractivity contribution < 1.29 is 27.5 Å². The van der Waals surface area contributed by atoms with Crippen LogP contribution in [-0.2, 0) is 14.8 Å². The van der Waals surface area contributed by atoms with Gasteiger partial charge in [-0.2, -0.15) is 4.31 Å². The summed E-state index contributed by atoms with van der Waals surface area (Å²) < 4.78 is 38.5. The first kappa shape index (κ1) is 22.6. The van der Waals surface area contributed by atoms with Crippen LogP contribution < -0.4 is 20.5 Å². The molecule has 0 aliphatic carbocycles. The third-order valence-electron chi connectivity index (χ3n) is 5.84. The molecule has 1 fully saturated rings. The zero-order chi connectivity index (χ0) is 23.0. The Morgan fingerprint density at radius 3 is 2.44 bits per heavy atom. The Labute approximate surface area is 190 Å². The first-order valence-electron chi connectivity index (χ1n) is 10.3. The van der Waals surface area contributed by atoms with Crippen molar-refractivity contribution in [1.29, 1.82) is 0 Å². The average Bonchev–Trinajstić information content (AvgIpc) is 3.06. The standard InChI is InChI=1S/C21H25N3O6S2/c1-12-13(2)31-21(18(12)19(22)25)23-20(26)14-5-7-24(8-6-14)32(27,28)15-3-4-16-17(11-15)30-10-9-29-16/h3-4,11,14H,5-10H2,1-2H3,(H2,22,25)(H,23,26). The molecular formula is C21H25N3O6S2. The summed E-state index contributed by atoms with van der Waals surface area (Å²) in [6, 6.07) is 4.59. The van der Waals surface area contributed by atoms with E-state index in [0.29, 0.717) is 48.1 Å². The normalized spacial score (nSPS) is 17.2. The summed E-state index contributed by atoms with van der Waals surface area (Å²) in [5.74, 6) is -0.226. The molecule has 2 aliphatic rings. The molecule has 0 atom stereocenters. The van der Waals surface area contributed by atoms with E-state index in [1.54, 1.807) is 13.0 Å². The van der Waals surface area contributed by atoms with Crippen LogP contribution in [0.2, 0.25) is 0 Å². The van der Waals surface area contributed by atoms with Crippen LogP contribution in [0.15, 0.2) is 23.1 Å². The summed E-state index contributed by atoms with van der Waals surface area (Å²) in [6.07, 6.45) is 0.760. The van der Waals surface area contributed by atoms with Gasteiger partial charge in [-0.1, -0.05) is 0 Å². The molecule has 9 nitrogen and oxygen atoms in total. The molecule has 0 unspecified atom stereocenters. The Hall–Kier alpha value is -2.63. The van der Waals surface area contributed by atoms with Gasteiger partial charge in [0.2, 0.25) is 15.9 Å². The van der Waals surface area contributed by atoms with Gasteiger partial charge >= 0.3 is 0 Å². The molecule has 1 saturated heterocycles. The molecule has 1 aromatic carbocycles. The minimum absolute atomic E-state index is 0.139. The fraction of sp³-hybridized carbons (Fsp3) is 0.429. The number of fused-ring (bicyclic) bond motifs is 1. The monoisotopic (exact) mass is 479 g/mol. The van der Waals surface area contributed by atoms with Gasteiger partial charge in [0.05, 0.1) is 10.5 Å². The lowest BCUT2D eigenvalue weighted by Gasteiger charge is -2.30. The molecule has 0 bridgehead atoms. The van der Waals surface area contributed by atoms with Crippen molar-refractivity contribution in [2.75, 3.05) is 31.6 Å². The van der Waals surface area contributed by atoms with Crippen LogP contribution in [0.1, 0.15) is 33.6 Å². The van der Waals surface area contributed by atoms with E-state index in [-0.39, 0.29) is 29.8 Å². The fourth-order valence-electron chi connectivity index (χ4n) is 3.92. The number of primary amides is 1. The number of nitrogens with two attached hydrogens (primary N) is 1. The fourth-order valence-corrected chi connectivity index (χ4v) is 6.47. The van der Waals surface area contributed by atoms with E-state index in [0.717, 1.165) is 10.4 Å². The van der Waals surface area contributed by atoms with E-state index in [4.69, 9.17) is 15.2 Å². The first-order chi connectivity index (χ1) is 15.2. The second kappa shape index (κ2) is 8.72. The Balaban J connectivity index is 1.42. The van der Waals surface area contributed by atoms with E-state index in [2.05, 4.69) is 5.32 Å². The van der Waals surface area contributed by atoms with Crippen molar-refractivity contribution in [2.24, 2.45) is 11.7 Å². The maximum atomic E-state index is 13.1. The largest absolute Gasteiger partial charge is 0.486 e. The van der Waals surface area contributed by atoms with Crippen LogP contribution in [0.5, 0.6) is 11.5 Å². The number of benzene rings is 1. The molecule has 1 aromatic heterocycles. The highest BCUT2D eigenvalue weighted by Gasteiger charge is 2.33. The summed E-state index contributed by atoms with van der Waals surface area (Å²) in [5, 5.41) is 3.27. The number of hydrogen-bond acceptors (Lipinski definition) is 7. The Morgan fingerprint density at radius 2 is 1.78 bits per heavy atom. The van der Waals surface area contributed by atoms with Gasteiger partial charge in [-0.15, -0.1) is 11.3 Å². The van der Waals surface area contributed by atoms with Crippen LogP contribution in [-0.4, -0.2) is 50.8 Å². The highest BCUT2D eigenvalue weighted by atomic mass is 32.2. The van der Waals surface area contributed by atoms with Crippen molar-refractivity contribution in [3.05, 3.63) is 34.2 Å². The van der Waals surface area contributed by atoms with E-state index in [9.17, 15) is 18.0 Å². The van der Waals surface area contributed by atoms with E-state index >= 15 is 0 Å². The molecule has 3 heterocycles. The van der Waals surface area contributed by atoms with Crippen molar-refractivity contribution in [3.63, 3.8) is 0 Å². The molecule has 32 heavy (non-hydrogen) atoms. The van der Waals surface area contributed by atoms with Gasteiger partial charge in [-0.25, -0.2) is 8.42 Å². The summed E-state index contributed by atoms with van der Waals surface area (Å²) in [7, 11) is -3.72. The molecule has 0 radical (unpaired) electrons. The maximum absolute atomic E-state index is 13.1. The zero-order valence-corrected chi connectivity index (χ0v) is 19.5. The number of ether oxygens (including phenoxy) is 2. The molecule has 2 aliphatic heterocycles. The van der Waals surface area contributed by atoms with Crippen LogP contribution in [0.25, 0.3) is 0 Å². The topological polar surface area (TPSA) is 128 Å². The number of rotatable bonds is 5. The number of anilines is 1. The quantitative estimate of drug-likeness (QED) is 0.677. The predicted octanol–water partition coefficient (Wildman–Crippen LogP) is 2.27. The van der Waals surface area contributed by atoms with Crippen molar-refractivity contribution in [1.82, 2.24) is 4.31 Å². The molecule has 2 amide bonds. The molecule has 0 spiro atoms. The van der Waals surface area contributed by atoms with E-state index in [1.807, 2.05) is 6.92 Å². The summed E-state index contributed by atoms with van der Waals surface area (Å²) >= 11 is 1.31. The van der Waals surface area contributed by atoms with Gasteiger partial charge in [0.15, 0.2) is 11.5 Å². The van der Waals surface area contributed by atoms with Gasteiger partial charge < -0.3 is 20.5 Å². The number of carbonyl (C=O) groups is 2. The van der Waals surface area contributed by atoms with Gasteiger partial charge in [0.1, 0.15) is 18.2 Å². The zero-order valence-electron chi connectivity index (χ0n) is 17.8. The predicted molar refractivity (Wildman–Crippen MR) is 120 cm³/mol. The number of carbonyl (C=O) groups excluding carboxylic acids is 2. The smallest absolute Gasteiger partial charge is 0.251 e. The van der Waals surface area contributed by atoms with Crippen LogP contribution in [0.4, 0.5) is 5.00 Å². The second-order valence-electron chi connectivity index (χ2n) is 7.82. The maximum Gasteiger partial charge on any atom is 0.251 e. The summed E-state index contributed by atoms with van der Waals surface area (Å²) in [4.78, 5) is 25.6. The third-order valence-corrected chi connectivity index (χ3v) is 8.86. The van der Waals surface area contributed by atoms with E-state index in [1.165, 1.54) is 27.8 Å². The minimum Gasteiger partial charge on any atom is -0.486 e. The lowest BCUT2D eigenvalue weighted by atomic mass is 9.97. The SMILES string of the molecule is Cc1sc(NC(=O)C2CCN(S(=O)(=O)c3ccc4c(c3)OCCO4)CC2)c(C(N)=O)c1C. The van der Waals surface area contributed by atoms with E-state index < -0.39 is 15.9 Å².